The maximum Gasteiger partial charge on any atom is 0.344 e. The summed E-state index contributed by atoms with van der Waals surface area (Å²) in [4.78, 5) is 24.1. The Labute approximate surface area is 169 Å². The maximum absolute atomic E-state index is 12.2. The Hall–Kier alpha value is -3.22. The molecule has 0 aliphatic carbocycles. The van der Waals surface area contributed by atoms with Gasteiger partial charge < -0.3 is 24.3 Å². The molecule has 1 aliphatic rings. The van der Waals surface area contributed by atoms with E-state index in [4.69, 9.17) is 18.9 Å². The monoisotopic (exact) mass is 399 g/mol. The van der Waals surface area contributed by atoms with E-state index in [1.807, 2.05) is 30.3 Å². The van der Waals surface area contributed by atoms with Gasteiger partial charge in [0.25, 0.3) is 5.91 Å². The third-order valence-corrected chi connectivity index (χ3v) is 4.48. The summed E-state index contributed by atoms with van der Waals surface area (Å²) in [7, 11) is 0. The number of benzene rings is 2. The van der Waals surface area contributed by atoms with Crippen molar-refractivity contribution in [2.75, 3.05) is 13.4 Å². The molecule has 0 saturated heterocycles. The van der Waals surface area contributed by atoms with E-state index in [-0.39, 0.29) is 19.9 Å². The molecule has 0 unspecified atom stereocenters. The number of nitrogens with one attached hydrogen (secondary N) is 1. The average Bonchev–Trinajstić information content (AvgIpc) is 3.18. The predicted octanol–water partition coefficient (Wildman–Crippen LogP) is 3.17. The van der Waals surface area contributed by atoms with Crippen LogP contribution in [0.1, 0.15) is 37.8 Å². The predicted molar refractivity (Wildman–Crippen MR) is 106 cm³/mol. The first-order chi connectivity index (χ1) is 13.9. The summed E-state index contributed by atoms with van der Waals surface area (Å²) in [5, 5.41) is 2.73. The molecular weight excluding hydrogens is 374 g/mol. The fraction of sp³-hybridized carbons (Fsp3) is 0.364. The lowest BCUT2D eigenvalue weighted by Crippen LogP contribution is -2.36. The van der Waals surface area contributed by atoms with Crippen molar-refractivity contribution in [2.24, 2.45) is 0 Å². The van der Waals surface area contributed by atoms with E-state index >= 15 is 0 Å². The van der Waals surface area contributed by atoms with Crippen LogP contribution in [0.25, 0.3) is 0 Å². The first kappa shape index (κ1) is 20.5. The second-order valence-corrected chi connectivity index (χ2v) is 7.05. The van der Waals surface area contributed by atoms with E-state index in [2.05, 4.69) is 19.2 Å². The highest BCUT2D eigenvalue weighted by molar-refractivity contribution is 5.83. The van der Waals surface area contributed by atoms with Crippen LogP contribution in [0.5, 0.6) is 17.2 Å². The van der Waals surface area contributed by atoms with Gasteiger partial charge in [0.2, 0.25) is 6.79 Å². The highest BCUT2D eigenvalue weighted by Gasteiger charge is 2.19. The van der Waals surface area contributed by atoms with Crippen molar-refractivity contribution in [3.63, 3.8) is 0 Å². The number of rotatable bonds is 8. The SMILES string of the molecule is CC(C)c1ccc(OCC(=O)O[C@H](C)C(=O)NCc2ccc3c(c2)OCO3)cc1. The molecule has 1 atom stereocenters. The number of carbonyl (C=O) groups is 2. The standard InChI is InChI=1S/C22H25NO6/c1-14(2)17-5-7-18(8-6-17)26-12-21(24)29-15(3)22(25)23-11-16-4-9-19-20(10-16)28-13-27-19/h4-10,14-15H,11-13H2,1-3H3,(H,23,25)/t15-/m1/s1. The minimum absolute atomic E-state index is 0.197. The third-order valence-electron chi connectivity index (χ3n) is 4.48. The van der Waals surface area contributed by atoms with E-state index in [1.165, 1.54) is 12.5 Å². The van der Waals surface area contributed by atoms with Crippen LogP contribution in [0, 0.1) is 0 Å². The molecule has 1 aliphatic heterocycles. The van der Waals surface area contributed by atoms with Crippen LogP contribution in [0.15, 0.2) is 42.5 Å². The first-order valence-corrected chi connectivity index (χ1v) is 9.51. The number of carbonyl (C=O) groups excluding carboxylic acids is 2. The number of ether oxygens (including phenoxy) is 4. The molecule has 0 bridgehead atoms. The molecular formula is C22H25NO6. The number of esters is 1. The van der Waals surface area contributed by atoms with Gasteiger partial charge in [-0.05, 0) is 48.2 Å². The van der Waals surface area contributed by atoms with E-state index in [1.54, 1.807) is 12.1 Å². The molecule has 1 amide bonds. The van der Waals surface area contributed by atoms with Gasteiger partial charge in [-0.1, -0.05) is 32.0 Å². The van der Waals surface area contributed by atoms with Crippen molar-refractivity contribution in [3.05, 3.63) is 53.6 Å². The molecule has 1 heterocycles. The van der Waals surface area contributed by atoms with E-state index < -0.39 is 18.0 Å². The van der Waals surface area contributed by atoms with Crippen LogP contribution >= 0.6 is 0 Å². The Morgan fingerprint density at radius 3 is 2.48 bits per heavy atom. The van der Waals surface area contributed by atoms with E-state index in [0.717, 1.165) is 5.56 Å². The van der Waals surface area contributed by atoms with Gasteiger partial charge in [0.1, 0.15) is 5.75 Å². The molecule has 2 aromatic carbocycles. The highest BCUT2D eigenvalue weighted by atomic mass is 16.7. The summed E-state index contributed by atoms with van der Waals surface area (Å²) in [6.45, 7) is 5.95. The zero-order valence-corrected chi connectivity index (χ0v) is 16.8. The van der Waals surface area contributed by atoms with Crippen LogP contribution in [0.4, 0.5) is 0 Å². The topological polar surface area (TPSA) is 83.1 Å². The normalized spacial score (nSPS) is 13.1. The summed E-state index contributed by atoms with van der Waals surface area (Å²) in [5.74, 6) is 1.33. The fourth-order valence-corrected chi connectivity index (χ4v) is 2.76. The lowest BCUT2D eigenvalue weighted by atomic mass is 10.0. The Balaban J connectivity index is 1.41. The molecule has 0 spiro atoms. The van der Waals surface area contributed by atoms with Crippen LogP contribution < -0.4 is 19.5 Å². The average molecular weight is 399 g/mol. The van der Waals surface area contributed by atoms with Gasteiger partial charge >= 0.3 is 5.97 Å². The fourth-order valence-electron chi connectivity index (χ4n) is 2.76. The number of fused-ring (bicyclic) bond motifs is 1. The van der Waals surface area contributed by atoms with Crippen molar-refractivity contribution in [2.45, 2.75) is 39.3 Å². The van der Waals surface area contributed by atoms with Gasteiger partial charge in [0, 0.05) is 6.54 Å². The van der Waals surface area contributed by atoms with Gasteiger partial charge in [-0.15, -0.1) is 0 Å². The Kier molecular flexibility index (Phi) is 6.59. The molecule has 7 nitrogen and oxygen atoms in total. The summed E-state index contributed by atoms with van der Waals surface area (Å²) in [5.41, 5.74) is 2.04. The molecule has 7 heteroatoms. The second-order valence-electron chi connectivity index (χ2n) is 7.05. The lowest BCUT2D eigenvalue weighted by molar-refractivity contribution is -0.156. The van der Waals surface area contributed by atoms with Crippen LogP contribution in [-0.4, -0.2) is 31.4 Å². The Morgan fingerprint density at radius 1 is 1.03 bits per heavy atom. The van der Waals surface area contributed by atoms with E-state index in [9.17, 15) is 9.59 Å². The third kappa shape index (κ3) is 5.63. The summed E-state index contributed by atoms with van der Waals surface area (Å²) in [6, 6.07) is 13.0. The van der Waals surface area contributed by atoms with E-state index in [0.29, 0.717) is 23.2 Å². The second kappa shape index (κ2) is 9.32. The smallest absolute Gasteiger partial charge is 0.344 e. The summed E-state index contributed by atoms with van der Waals surface area (Å²) < 4.78 is 21.1. The van der Waals surface area contributed by atoms with Gasteiger partial charge in [-0.3, -0.25) is 4.79 Å². The minimum atomic E-state index is -0.927. The first-order valence-electron chi connectivity index (χ1n) is 9.51. The summed E-state index contributed by atoms with van der Waals surface area (Å²) in [6.07, 6.45) is -0.927. The molecule has 0 radical (unpaired) electrons. The van der Waals surface area contributed by atoms with Crippen molar-refractivity contribution < 1.29 is 28.5 Å². The number of amides is 1. The highest BCUT2D eigenvalue weighted by Crippen LogP contribution is 2.32. The zero-order chi connectivity index (χ0) is 20.8. The summed E-state index contributed by atoms with van der Waals surface area (Å²) >= 11 is 0. The molecule has 0 aromatic heterocycles. The van der Waals surface area contributed by atoms with Crippen LogP contribution in [0.2, 0.25) is 0 Å². The van der Waals surface area contributed by atoms with Crippen molar-refractivity contribution in [3.8, 4) is 17.2 Å². The molecule has 0 saturated carbocycles. The molecule has 29 heavy (non-hydrogen) atoms. The Bertz CT molecular complexity index is 862. The maximum atomic E-state index is 12.2. The number of hydrogen-bond acceptors (Lipinski definition) is 6. The van der Waals surface area contributed by atoms with Crippen molar-refractivity contribution in [1.82, 2.24) is 5.32 Å². The largest absolute Gasteiger partial charge is 0.482 e. The molecule has 2 aromatic rings. The van der Waals surface area contributed by atoms with Gasteiger partial charge in [0.05, 0.1) is 0 Å². The number of hydrogen-bond donors (Lipinski definition) is 1. The zero-order valence-electron chi connectivity index (χ0n) is 16.8. The Morgan fingerprint density at radius 2 is 1.76 bits per heavy atom. The van der Waals surface area contributed by atoms with Crippen molar-refractivity contribution in [1.29, 1.82) is 0 Å². The quantitative estimate of drug-likeness (QED) is 0.687. The van der Waals surface area contributed by atoms with Crippen LogP contribution in [0.3, 0.4) is 0 Å². The van der Waals surface area contributed by atoms with Crippen molar-refractivity contribution >= 4 is 11.9 Å². The molecule has 0 fully saturated rings. The van der Waals surface area contributed by atoms with Gasteiger partial charge in [-0.2, -0.15) is 0 Å². The van der Waals surface area contributed by atoms with Gasteiger partial charge in [0.15, 0.2) is 24.2 Å². The lowest BCUT2D eigenvalue weighted by Gasteiger charge is -2.14. The molecule has 3 rings (SSSR count). The van der Waals surface area contributed by atoms with Gasteiger partial charge in [-0.25, -0.2) is 4.79 Å². The van der Waals surface area contributed by atoms with Crippen LogP contribution in [-0.2, 0) is 20.9 Å². The minimum Gasteiger partial charge on any atom is -0.482 e. The molecule has 1 N–H and O–H groups in total. The molecule has 154 valence electrons.